The van der Waals surface area contributed by atoms with E-state index in [9.17, 15) is 14.3 Å². The Morgan fingerprint density at radius 2 is 0.917 bits per heavy atom. The Morgan fingerprint density at radius 3 is 1.38 bits per heavy atom. The molecule has 2 unspecified atom stereocenters. The highest BCUT2D eigenvalue weighted by Gasteiger charge is 2.26. The molecule has 0 aliphatic rings. The molecule has 0 aromatic carbocycles. The predicted octanol–water partition coefficient (Wildman–Crippen LogP) is 15.3. The minimum Gasteiger partial charge on any atom is -0.457 e. The van der Waals surface area contributed by atoms with Crippen molar-refractivity contribution in [1.29, 1.82) is 0 Å². The molecule has 9 heteroatoms. The third kappa shape index (κ3) is 47.8. The summed E-state index contributed by atoms with van der Waals surface area (Å²) in [6.45, 7) is 5.62. The van der Waals surface area contributed by atoms with Gasteiger partial charge in [0.2, 0.25) is 0 Å². The zero-order valence-electron chi connectivity index (χ0n) is 40.2. The number of esters is 1. The van der Waals surface area contributed by atoms with Crippen molar-refractivity contribution in [2.24, 2.45) is 0 Å². The first-order valence-corrected chi connectivity index (χ1v) is 26.7. The molecule has 0 amide bonds. The molecule has 2 atom stereocenters. The van der Waals surface area contributed by atoms with Gasteiger partial charge in [-0.15, -0.1) is 0 Å². The standard InChI is InChI=1S/C51H98NO7P/c1-6-8-10-12-14-16-18-20-22-24-26-28-30-32-34-36-38-40-42-44-51(53)59-50(49-58-60(54,55)57-47-45-52(3,4)5)48-56-46-43-41-39-37-35-33-31-29-27-25-23-21-19-17-15-13-11-9-7-2/h17,19-20,22-23,25,50H,6-16,18,21,24,26-49H2,1-5H3/p+1/b19-17-,22-20-,25-23-. The number of allylic oxidation sites excluding steroid dienone is 6. The number of carbonyl (C=O) groups is 1. The highest BCUT2D eigenvalue weighted by Crippen LogP contribution is 2.43. The smallest absolute Gasteiger partial charge is 0.457 e. The topological polar surface area (TPSA) is 91.3 Å². The summed E-state index contributed by atoms with van der Waals surface area (Å²) in [6, 6.07) is 0. The van der Waals surface area contributed by atoms with Gasteiger partial charge >= 0.3 is 13.8 Å². The van der Waals surface area contributed by atoms with Gasteiger partial charge in [0.05, 0.1) is 34.4 Å². The second-order valence-electron chi connectivity index (χ2n) is 18.2. The van der Waals surface area contributed by atoms with Gasteiger partial charge in [-0.3, -0.25) is 13.8 Å². The van der Waals surface area contributed by atoms with Crippen LogP contribution >= 0.6 is 7.82 Å². The van der Waals surface area contributed by atoms with Crippen LogP contribution in [0.25, 0.3) is 0 Å². The van der Waals surface area contributed by atoms with Crippen LogP contribution in [0.1, 0.15) is 226 Å². The van der Waals surface area contributed by atoms with Crippen molar-refractivity contribution in [1.82, 2.24) is 0 Å². The number of carbonyl (C=O) groups excluding carboxylic acids is 1. The fourth-order valence-corrected chi connectivity index (χ4v) is 7.73. The van der Waals surface area contributed by atoms with Crippen molar-refractivity contribution < 1.29 is 37.3 Å². The molecule has 354 valence electrons. The lowest BCUT2D eigenvalue weighted by Crippen LogP contribution is -2.37. The van der Waals surface area contributed by atoms with E-state index in [1.54, 1.807) is 0 Å². The normalized spacial score (nSPS) is 13.9. The number of quaternary nitrogens is 1. The van der Waals surface area contributed by atoms with Crippen LogP contribution in [0, 0.1) is 0 Å². The van der Waals surface area contributed by atoms with E-state index in [0.717, 1.165) is 38.5 Å². The van der Waals surface area contributed by atoms with Crippen LogP contribution in [0.4, 0.5) is 0 Å². The van der Waals surface area contributed by atoms with E-state index in [4.69, 9.17) is 18.5 Å². The Kier molecular flexibility index (Phi) is 43.4. The SMILES string of the molecule is CCCCCC/C=C\C/C=C\CCCCCCCCCCOCC(COP(=O)(O)OCC[N+](C)(C)C)OC(=O)CCCCCCCCCCC/C=C\CCCCCCCC. The van der Waals surface area contributed by atoms with Gasteiger partial charge in [-0.25, -0.2) is 4.57 Å². The summed E-state index contributed by atoms with van der Waals surface area (Å²) in [6.07, 6.45) is 53.2. The average Bonchev–Trinajstić information content (AvgIpc) is 3.20. The third-order valence-electron chi connectivity index (χ3n) is 10.9. The molecule has 0 radical (unpaired) electrons. The van der Waals surface area contributed by atoms with E-state index >= 15 is 0 Å². The lowest BCUT2D eigenvalue weighted by Gasteiger charge is -2.24. The molecule has 0 spiro atoms. The third-order valence-corrected chi connectivity index (χ3v) is 11.9. The van der Waals surface area contributed by atoms with Crippen LogP contribution in [0.5, 0.6) is 0 Å². The van der Waals surface area contributed by atoms with Crippen LogP contribution in [-0.4, -0.2) is 75.6 Å². The van der Waals surface area contributed by atoms with Crippen molar-refractivity contribution >= 4 is 13.8 Å². The number of rotatable bonds is 47. The quantitative estimate of drug-likeness (QED) is 0.0214. The zero-order chi connectivity index (χ0) is 44.1. The maximum absolute atomic E-state index is 12.8. The molecule has 0 aromatic rings. The molecule has 8 nitrogen and oxygen atoms in total. The summed E-state index contributed by atoms with van der Waals surface area (Å²) in [5.41, 5.74) is 0. The summed E-state index contributed by atoms with van der Waals surface area (Å²) >= 11 is 0. The molecule has 0 aliphatic carbocycles. The van der Waals surface area contributed by atoms with Crippen LogP contribution in [-0.2, 0) is 27.9 Å². The van der Waals surface area contributed by atoms with Gasteiger partial charge in [-0.1, -0.05) is 185 Å². The van der Waals surface area contributed by atoms with Crippen LogP contribution in [0.15, 0.2) is 36.5 Å². The fraction of sp³-hybridized carbons (Fsp3) is 0.863. The maximum atomic E-state index is 12.8. The minimum absolute atomic E-state index is 0.0873. The van der Waals surface area contributed by atoms with E-state index < -0.39 is 13.9 Å². The van der Waals surface area contributed by atoms with Crippen molar-refractivity contribution in [2.45, 2.75) is 232 Å². The summed E-state index contributed by atoms with van der Waals surface area (Å²) in [4.78, 5) is 23.0. The van der Waals surface area contributed by atoms with Crippen LogP contribution in [0.3, 0.4) is 0 Å². The monoisotopic (exact) mass is 869 g/mol. The number of hydrogen-bond acceptors (Lipinski definition) is 6. The Labute approximate surface area is 372 Å². The molecule has 0 bridgehead atoms. The van der Waals surface area contributed by atoms with Crippen molar-refractivity contribution in [2.75, 3.05) is 54.1 Å². The van der Waals surface area contributed by atoms with Gasteiger partial charge in [-0.2, -0.15) is 0 Å². The van der Waals surface area contributed by atoms with Gasteiger partial charge < -0.3 is 18.9 Å². The molecule has 0 rings (SSSR count). The summed E-state index contributed by atoms with van der Waals surface area (Å²) in [7, 11) is 1.67. The van der Waals surface area contributed by atoms with Crippen LogP contribution < -0.4 is 0 Å². The molecule has 60 heavy (non-hydrogen) atoms. The van der Waals surface area contributed by atoms with Gasteiger partial charge in [-0.05, 0) is 70.6 Å². The van der Waals surface area contributed by atoms with E-state index in [-0.39, 0.29) is 25.8 Å². The Balaban J connectivity index is 4.16. The Hall–Kier alpha value is -1.28. The maximum Gasteiger partial charge on any atom is 0.472 e. The van der Waals surface area contributed by atoms with E-state index in [1.807, 2.05) is 21.1 Å². The number of phosphoric acid groups is 1. The second kappa shape index (κ2) is 44.3. The van der Waals surface area contributed by atoms with Gasteiger partial charge in [0.15, 0.2) is 0 Å². The molecule has 0 aromatic heterocycles. The van der Waals surface area contributed by atoms with Crippen molar-refractivity contribution in [3.8, 4) is 0 Å². The number of hydrogen-bond donors (Lipinski definition) is 1. The van der Waals surface area contributed by atoms with E-state index in [2.05, 4.69) is 50.3 Å². The minimum atomic E-state index is -4.28. The molecule has 0 fully saturated rings. The lowest BCUT2D eigenvalue weighted by atomic mass is 10.1. The van der Waals surface area contributed by atoms with Gasteiger partial charge in [0.1, 0.15) is 19.3 Å². The Bertz CT molecular complexity index is 1060. The fourth-order valence-electron chi connectivity index (χ4n) is 6.99. The number of nitrogens with zero attached hydrogens (tertiary/aromatic N) is 1. The van der Waals surface area contributed by atoms with Crippen molar-refractivity contribution in [3.63, 3.8) is 0 Å². The Morgan fingerprint density at radius 1 is 0.517 bits per heavy atom. The second-order valence-corrected chi connectivity index (χ2v) is 19.6. The molecular weight excluding hydrogens is 770 g/mol. The highest BCUT2D eigenvalue weighted by atomic mass is 31.2. The summed E-state index contributed by atoms with van der Waals surface area (Å²) < 4.78 is 35.1. The highest BCUT2D eigenvalue weighted by molar-refractivity contribution is 7.47. The molecule has 0 saturated heterocycles. The van der Waals surface area contributed by atoms with Gasteiger partial charge in [0.25, 0.3) is 0 Å². The van der Waals surface area contributed by atoms with Crippen molar-refractivity contribution in [3.05, 3.63) is 36.5 Å². The lowest BCUT2D eigenvalue weighted by molar-refractivity contribution is -0.870. The number of unbranched alkanes of at least 4 members (excludes halogenated alkanes) is 27. The molecule has 0 heterocycles. The first kappa shape index (κ1) is 58.7. The molecule has 0 aliphatic heterocycles. The number of ether oxygens (including phenoxy) is 2. The molecule has 1 N–H and O–H groups in total. The number of likely N-dealkylation sites (N-methyl/N-ethyl adjacent to an activating group) is 1. The summed E-state index contributed by atoms with van der Waals surface area (Å²) in [5.74, 6) is -0.316. The average molecular weight is 869 g/mol. The molecule has 0 saturated carbocycles. The predicted molar refractivity (Wildman–Crippen MR) is 256 cm³/mol. The van der Waals surface area contributed by atoms with E-state index in [0.29, 0.717) is 24.1 Å². The van der Waals surface area contributed by atoms with E-state index in [1.165, 1.54) is 167 Å². The largest absolute Gasteiger partial charge is 0.472 e. The number of phosphoric ester groups is 1. The summed E-state index contributed by atoms with van der Waals surface area (Å²) in [5, 5.41) is 0. The first-order valence-electron chi connectivity index (χ1n) is 25.2. The zero-order valence-corrected chi connectivity index (χ0v) is 41.1. The van der Waals surface area contributed by atoms with Gasteiger partial charge in [0, 0.05) is 13.0 Å². The van der Waals surface area contributed by atoms with Crippen LogP contribution in [0.2, 0.25) is 0 Å². The first-order chi connectivity index (χ1) is 29.1. The molecular formula is C51H99NO7P+.